The van der Waals surface area contributed by atoms with Crippen LogP contribution in [0.1, 0.15) is 52.6 Å². The van der Waals surface area contributed by atoms with Crippen LogP contribution in [0.4, 0.5) is 4.39 Å². The number of benzene rings is 3. The smallest absolute Gasteiger partial charge is 0.0906 e. The number of nitrogens with zero attached hydrogens (tertiary/aromatic N) is 1. The lowest BCUT2D eigenvalue weighted by Gasteiger charge is -2.39. The first-order valence-electron chi connectivity index (χ1n) is 13.1. The van der Waals surface area contributed by atoms with Crippen LogP contribution in [0.25, 0.3) is 11.1 Å². The predicted octanol–water partition coefficient (Wildman–Crippen LogP) is 6.35. The zero-order valence-corrected chi connectivity index (χ0v) is 20.6. The van der Waals surface area contributed by atoms with Gasteiger partial charge in [-0.1, -0.05) is 72.8 Å². The zero-order valence-electron chi connectivity index (χ0n) is 20.6. The third-order valence-corrected chi connectivity index (χ3v) is 7.55. The maximum atomic E-state index is 12.4. The van der Waals surface area contributed by atoms with Crippen molar-refractivity contribution in [1.29, 1.82) is 0 Å². The summed E-state index contributed by atoms with van der Waals surface area (Å²) in [6.07, 6.45) is 5.72. The standard InChI is InChI=1S/C32H36FNO/c33-17-5-18-34-22-26(23-34)20-25-12-14-28(15-13-25)32-30-10-2-1-7-27(30)8-4-11-31(32)29-9-3-6-24(21-29)16-19-35/h1-3,6-7,9-10,12-15,21,26,35H,4-5,8,11,16-20,22-23H2. The van der Waals surface area contributed by atoms with Crippen molar-refractivity contribution in [3.05, 3.63) is 106 Å². The van der Waals surface area contributed by atoms with Gasteiger partial charge in [0.05, 0.1) is 6.67 Å². The number of hydrogen-bond acceptors (Lipinski definition) is 2. The molecule has 35 heavy (non-hydrogen) atoms. The molecule has 1 aliphatic carbocycles. The van der Waals surface area contributed by atoms with Gasteiger partial charge in [-0.15, -0.1) is 0 Å². The van der Waals surface area contributed by atoms with Gasteiger partial charge in [-0.3, -0.25) is 4.39 Å². The number of aliphatic hydroxyl groups excluding tert-OH is 1. The van der Waals surface area contributed by atoms with E-state index in [1.165, 1.54) is 44.5 Å². The predicted molar refractivity (Wildman–Crippen MR) is 143 cm³/mol. The second-order valence-corrected chi connectivity index (χ2v) is 10.1. The molecule has 1 saturated heterocycles. The van der Waals surface area contributed by atoms with Crippen molar-refractivity contribution in [2.75, 3.05) is 32.9 Å². The molecule has 5 rings (SSSR count). The quantitative estimate of drug-likeness (QED) is 0.395. The number of alkyl halides is 1. The van der Waals surface area contributed by atoms with Crippen molar-refractivity contribution < 1.29 is 9.50 Å². The van der Waals surface area contributed by atoms with Gasteiger partial charge in [-0.2, -0.15) is 0 Å². The highest BCUT2D eigenvalue weighted by atomic mass is 19.1. The lowest BCUT2D eigenvalue weighted by molar-refractivity contribution is 0.0968. The topological polar surface area (TPSA) is 23.5 Å². The Bertz CT molecular complexity index is 1160. The molecule has 0 atom stereocenters. The molecular formula is C32H36FNO. The molecule has 0 amide bonds. The van der Waals surface area contributed by atoms with Gasteiger partial charge in [0.1, 0.15) is 0 Å². The average Bonchev–Trinajstić information content (AvgIpc) is 3.06. The minimum atomic E-state index is -0.213. The molecule has 3 aromatic rings. The lowest BCUT2D eigenvalue weighted by Crippen LogP contribution is -2.47. The first kappa shape index (κ1) is 24.0. The maximum Gasteiger partial charge on any atom is 0.0906 e. The molecule has 3 aromatic carbocycles. The summed E-state index contributed by atoms with van der Waals surface area (Å²) >= 11 is 0. The first-order valence-corrected chi connectivity index (χ1v) is 13.1. The zero-order chi connectivity index (χ0) is 24.0. The molecule has 2 nitrogen and oxygen atoms in total. The SMILES string of the molecule is OCCc1cccc(C2=C(c3ccc(CC4CN(CCCF)C4)cc3)c3ccccc3CCC2)c1. The van der Waals surface area contributed by atoms with Crippen molar-refractivity contribution in [3.8, 4) is 0 Å². The minimum Gasteiger partial charge on any atom is -0.396 e. The molecule has 0 aromatic heterocycles. The summed E-state index contributed by atoms with van der Waals surface area (Å²) in [6, 6.07) is 26.8. The van der Waals surface area contributed by atoms with Crippen LogP contribution in [0, 0.1) is 5.92 Å². The van der Waals surface area contributed by atoms with Gasteiger partial charge in [0.25, 0.3) is 0 Å². The Labute approximate surface area is 209 Å². The van der Waals surface area contributed by atoms with Gasteiger partial charge in [0.15, 0.2) is 0 Å². The molecule has 0 saturated carbocycles. The number of hydrogen-bond donors (Lipinski definition) is 1. The fourth-order valence-electron chi connectivity index (χ4n) is 5.80. The number of aryl methyl sites for hydroxylation is 1. The molecule has 0 radical (unpaired) electrons. The third kappa shape index (κ3) is 5.58. The Morgan fingerprint density at radius 3 is 2.49 bits per heavy atom. The highest BCUT2D eigenvalue weighted by Gasteiger charge is 2.26. The monoisotopic (exact) mass is 469 g/mol. The van der Waals surface area contributed by atoms with E-state index in [0.717, 1.165) is 45.3 Å². The Balaban J connectivity index is 1.45. The van der Waals surface area contributed by atoms with Crippen LogP contribution in [0.3, 0.4) is 0 Å². The highest BCUT2D eigenvalue weighted by Crippen LogP contribution is 2.40. The molecule has 0 bridgehead atoms. The van der Waals surface area contributed by atoms with Crippen LogP contribution in [-0.4, -0.2) is 42.9 Å². The third-order valence-electron chi connectivity index (χ3n) is 7.55. The number of fused-ring (bicyclic) bond motifs is 1. The fourth-order valence-corrected chi connectivity index (χ4v) is 5.80. The summed E-state index contributed by atoms with van der Waals surface area (Å²) in [5.74, 6) is 0.683. The summed E-state index contributed by atoms with van der Waals surface area (Å²) in [5, 5.41) is 9.46. The van der Waals surface area contributed by atoms with Gasteiger partial charge in [0.2, 0.25) is 0 Å². The van der Waals surface area contributed by atoms with Gasteiger partial charge in [0, 0.05) is 26.2 Å². The Morgan fingerprint density at radius 2 is 1.69 bits per heavy atom. The molecule has 1 aliphatic heterocycles. The maximum absolute atomic E-state index is 12.4. The average molecular weight is 470 g/mol. The number of rotatable bonds is 9. The molecule has 3 heteroatoms. The van der Waals surface area contributed by atoms with Crippen molar-refractivity contribution in [2.24, 2.45) is 5.92 Å². The summed E-state index contributed by atoms with van der Waals surface area (Å²) in [5.41, 5.74) is 10.7. The van der Waals surface area contributed by atoms with E-state index in [1.54, 1.807) is 0 Å². The van der Waals surface area contributed by atoms with E-state index >= 15 is 0 Å². The molecule has 0 spiro atoms. The molecular weight excluding hydrogens is 433 g/mol. The summed E-state index contributed by atoms with van der Waals surface area (Å²) < 4.78 is 12.4. The number of halogens is 1. The lowest BCUT2D eigenvalue weighted by atomic mass is 9.86. The van der Waals surface area contributed by atoms with Gasteiger partial charge < -0.3 is 10.0 Å². The van der Waals surface area contributed by atoms with E-state index in [9.17, 15) is 9.50 Å². The van der Waals surface area contributed by atoms with E-state index in [0.29, 0.717) is 18.8 Å². The van der Waals surface area contributed by atoms with Crippen LogP contribution in [0.5, 0.6) is 0 Å². The molecule has 1 N–H and O–H groups in total. The second kappa shape index (κ2) is 11.3. The van der Waals surface area contributed by atoms with Gasteiger partial charge >= 0.3 is 0 Å². The van der Waals surface area contributed by atoms with Crippen LogP contribution >= 0.6 is 0 Å². The van der Waals surface area contributed by atoms with Crippen molar-refractivity contribution in [3.63, 3.8) is 0 Å². The van der Waals surface area contributed by atoms with Crippen molar-refractivity contribution in [2.45, 2.75) is 38.5 Å². The van der Waals surface area contributed by atoms with Crippen LogP contribution < -0.4 is 0 Å². The molecule has 182 valence electrons. The Morgan fingerprint density at radius 1 is 0.857 bits per heavy atom. The highest BCUT2D eigenvalue weighted by molar-refractivity contribution is 5.99. The van der Waals surface area contributed by atoms with Crippen LogP contribution in [-0.2, 0) is 19.3 Å². The van der Waals surface area contributed by atoms with E-state index in [4.69, 9.17) is 0 Å². The Kier molecular flexibility index (Phi) is 7.75. The molecule has 1 fully saturated rings. The van der Waals surface area contributed by atoms with E-state index in [1.807, 2.05) is 0 Å². The fraction of sp³-hybridized carbons (Fsp3) is 0.375. The molecule has 2 aliphatic rings. The minimum absolute atomic E-state index is 0.175. The van der Waals surface area contributed by atoms with Gasteiger partial charge in [-0.25, -0.2) is 0 Å². The molecule has 1 heterocycles. The van der Waals surface area contributed by atoms with Crippen LogP contribution in [0.15, 0.2) is 72.8 Å². The van der Waals surface area contributed by atoms with E-state index in [-0.39, 0.29) is 13.3 Å². The normalized spacial score (nSPS) is 16.6. The first-order chi connectivity index (χ1) is 17.2. The largest absolute Gasteiger partial charge is 0.396 e. The number of allylic oxidation sites excluding steroid dienone is 1. The molecule has 0 unspecified atom stereocenters. The summed E-state index contributed by atoms with van der Waals surface area (Å²) in [4.78, 5) is 2.36. The van der Waals surface area contributed by atoms with Crippen molar-refractivity contribution >= 4 is 11.1 Å². The Hall–Kier alpha value is -2.75. The summed E-state index contributed by atoms with van der Waals surface area (Å²) in [6.45, 7) is 3.04. The number of likely N-dealkylation sites (tertiary alicyclic amines) is 1. The van der Waals surface area contributed by atoms with Gasteiger partial charge in [-0.05, 0) is 89.0 Å². The summed E-state index contributed by atoms with van der Waals surface area (Å²) in [7, 11) is 0. The van der Waals surface area contributed by atoms with E-state index < -0.39 is 0 Å². The second-order valence-electron chi connectivity index (χ2n) is 10.1. The van der Waals surface area contributed by atoms with E-state index in [2.05, 4.69) is 77.7 Å². The van der Waals surface area contributed by atoms with Crippen LogP contribution in [0.2, 0.25) is 0 Å². The number of aliphatic hydroxyl groups is 1. The van der Waals surface area contributed by atoms with Crippen molar-refractivity contribution in [1.82, 2.24) is 4.90 Å².